The van der Waals surface area contributed by atoms with Crippen LogP contribution in [0.5, 0.6) is 0 Å². The number of hydrogen-bond acceptors (Lipinski definition) is 3. The smallest absolute Gasteiger partial charge is 0.343 e. The second kappa shape index (κ2) is 8.73. The lowest BCUT2D eigenvalue weighted by Gasteiger charge is -2.14. The molecule has 23 heavy (non-hydrogen) atoms. The van der Waals surface area contributed by atoms with Crippen LogP contribution in [0.2, 0.25) is 0 Å². The minimum absolute atomic E-state index is 0. The summed E-state index contributed by atoms with van der Waals surface area (Å²) in [6, 6.07) is 4.27. The lowest BCUT2D eigenvalue weighted by atomic mass is 10.1. The van der Waals surface area contributed by atoms with E-state index in [1.807, 2.05) is 0 Å². The van der Waals surface area contributed by atoms with Gasteiger partial charge in [0.1, 0.15) is 6.54 Å². The Balaban J connectivity index is 0.00000484. The Bertz CT molecular complexity index is 565. The van der Waals surface area contributed by atoms with Gasteiger partial charge in [-0.1, -0.05) is 13.0 Å². The molecule has 5 nitrogen and oxygen atoms in total. The molecular weight excluding hydrogens is 335 g/mol. The second-order valence-corrected chi connectivity index (χ2v) is 4.95. The predicted octanol–water partition coefficient (Wildman–Crippen LogP) is 2.24. The van der Waals surface area contributed by atoms with Crippen molar-refractivity contribution in [1.82, 2.24) is 5.32 Å². The van der Waals surface area contributed by atoms with Crippen LogP contribution in [0.15, 0.2) is 18.2 Å². The number of alkyl halides is 3. The van der Waals surface area contributed by atoms with Gasteiger partial charge in [-0.25, -0.2) is 0 Å². The molecule has 1 aromatic rings. The molecule has 4 N–H and O–H groups in total. The standard InChI is InChI=1S/C14H18F3N3O2.ClH/c1-8-3-4-10(13(22)19-7-14(15,16)17)5-11(8)20-12(21)9(2)6-18;/h3-5,9H,6-7,18H2,1-2H3,(H,19,22)(H,20,21);1H. The van der Waals surface area contributed by atoms with Crippen LogP contribution in [0.1, 0.15) is 22.8 Å². The number of rotatable bonds is 5. The molecule has 0 aliphatic rings. The molecule has 0 fully saturated rings. The van der Waals surface area contributed by atoms with E-state index in [1.54, 1.807) is 25.2 Å². The Hall–Kier alpha value is -1.80. The quantitative estimate of drug-likeness (QED) is 0.759. The zero-order valence-electron chi connectivity index (χ0n) is 12.7. The van der Waals surface area contributed by atoms with Crippen molar-refractivity contribution in [2.45, 2.75) is 20.0 Å². The van der Waals surface area contributed by atoms with E-state index in [0.29, 0.717) is 11.3 Å². The lowest BCUT2D eigenvalue weighted by molar-refractivity contribution is -0.123. The Morgan fingerprint density at radius 3 is 2.43 bits per heavy atom. The van der Waals surface area contributed by atoms with E-state index in [9.17, 15) is 22.8 Å². The van der Waals surface area contributed by atoms with E-state index in [-0.39, 0.29) is 30.4 Å². The highest BCUT2D eigenvalue weighted by Crippen LogP contribution is 2.18. The molecule has 2 amide bonds. The maximum absolute atomic E-state index is 12.1. The number of nitrogens with one attached hydrogen (secondary N) is 2. The summed E-state index contributed by atoms with van der Waals surface area (Å²) in [5.41, 5.74) is 6.48. The molecule has 0 aliphatic heterocycles. The molecule has 1 aromatic carbocycles. The van der Waals surface area contributed by atoms with Crippen molar-refractivity contribution in [2.75, 3.05) is 18.4 Å². The largest absolute Gasteiger partial charge is 0.405 e. The Morgan fingerprint density at radius 1 is 1.30 bits per heavy atom. The van der Waals surface area contributed by atoms with Crippen molar-refractivity contribution in [2.24, 2.45) is 11.7 Å². The molecule has 1 unspecified atom stereocenters. The van der Waals surface area contributed by atoms with E-state index in [1.165, 1.54) is 12.1 Å². The monoisotopic (exact) mass is 353 g/mol. The number of benzene rings is 1. The van der Waals surface area contributed by atoms with Gasteiger partial charge in [-0.3, -0.25) is 9.59 Å². The normalized spacial score (nSPS) is 12.1. The third-order valence-corrected chi connectivity index (χ3v) is 3.01. The summed E-state index contributed by atoms with van der Waals surface area (Å²) in [5, 5.41) is 4.38. The van der Waals surface area contributed by atoms with Crippen LogP contribution in [0, 0.1) is 12.8 Å². The number of aryl methyl sites for hydroxylation is 1. The van der Waals surface area contributed by atoms with E-state index in [0.717, 1.165) is 0 Å². The first-order valence-electron chi connectivity index (χ1n) is 6.60. The van der Waals surface area contributed by atoms with Crippen molar-refractivity contribution in [1.29, 1.82) is 0 Å². The van der Waals surface area contributed by atoms with Crippen molar-refractivity contribution >= 4 is 29.9 Å². The van der Waals surface area contributed by atoms with Gasteiger partial charge in [0.2, 0.25) is 5.91 Å². The first-order valence-corrected chi connectivity index (χ1v) is 6.60. The average molecular weight is 354 g/mol. The molecule has 0 saturated carbocycles. The van der Waals surface area contributed by atoms with E-state index < -0.39 is 24.5 Å². The SMILES string of the molecule is Cc1ccc(C(=O)NCC(F)(F)F)cc1NC(=O)C(C)CN.Cl. The van der Waals surface area contributed by atoms with Crippen LogP contribution in [0.3, 0.4) is 0 Å². The molecule has 0 saturated heterocycles. The van der Waals surface area contributed by atoms with Crippen molar-refractivity contribution < 1.29 is 22.8 Å². The maximum atomic E-state index is 12.1. The zero-order valence-corrected chi connectivity index (χ0v) is 13.5. The third kappa shape index (κ3) is 6.87. The van der Waals surface area contributed by atoms with Gasteiger partial charge in [0.05, 0.1) is 0 Å². The van der Waals surface area contributed by atoms with Gasteiger partial charge in [-0.2, -0.15) is 13.2 Å². The van der Waals surface area contributed by atoms with Crippen LogP contribution in [0.25, 0.3) is 0 Å². The second-order valence-electron chi connectivity index (χ2n) is 4.95. The summed E-state index contributed by atoms with van der Waals surface area (Å²) in [6.07, 6.45) is -4.48. The van der Waals surface area contributed by atoms with Crippen molar-refractivity contribution in [3.8, 4) is 0 Å². The van der Waals surface area contributed by atoms with Crippen LogP contribution in [-0.4, -0.2) is 31.1 Å². The van der Waals surface area contributed by atoms with Gasteiger partial charge in [0.15, 0.2) is 0 Å². The molecule has 0 aromatic heterocycles. The highest BCUT2D eigenvalue weighted by molar-refractivity contribution is 5.98. The number of anilines is 1. The van der Waals surface area contributed by atoms with Crippen molar-refractivity contribution in [3.05, 3.63) is 29.3 Å². The molecule has 0 spiro atoms. The Labute approximate surface area is 138 Å². The van der Waals surface area contributed by atoms with Crippen molar-refractivity contribution in [3.63, 3.8) is 0 Å². The first kappa shape index (κ1) is 21.2. The molecule has 1 atom stereocenters. The molecule has 9 heteroatoms. The van der Waals surface area contributed by atoms with Crippen LogP contribution >= 0.6 is 12.4 Å². The molecule has 0 aliphatic carbocycles. The van der Waals surface area contributed by atoms with Crippen LogP contribution < -0.4 is 16.4 Å². The Morgan fingerprint density at radius 2 is 1.91 bits per heavy atom. The third-order valence-electron chi connectivity index (χ3n) is 3.01. The first-order chi connectivity index (χ1) is 10.1. The summed E-state index contributed by atoms with van der Waals surface area (Å²) in [4.78, 5) is 23.5. The van der Waals surface area contributed by atoms with Crippen LogP contribution in [0.4, 0.5) is 18.9 Å². The summed E-state index contributed by atoms with van der Waals surface area (Å²) < 4.78 is 36.3. The van der Waals surface area contributed by atoms with Gasteiger partial charge in [0, 0.05) is 23.7 Å². The minimum Gasteiger partial charge on any atom is -0.343 e. The highest BCUT2D eigenvalue weighted by Gasteiger charge is 2.28. The molecule has 1 rings (SSSR count). The summed E-state index contributed by atoms with van der Waals surface area (Å²) in [6.45, 7) is 2.10. The van der Waals surface area contributed by atoms with Gasteiger partial charge in [-0.05, 0) is 24.6 Å². The number of amides is 2. The number of halogens is 4. The summed E-state index contributed by atoms with van der Waals surface area (Å²) in [5.74, 6) is -1.60. The molecule has 0 heterocycles. The fraction of sp³-hybridized carbons (Fsp3) is 0.429. The molecule has 0 radical (unpaired) electrons. The fourth-order valence-corrected chi connectivity index (χ4v) is 1.54. The summed E-state index contributed by atoms with van der Waals surface area (Å²) in [7, 11) is 0. The van der Waals surface area contributed by atoms with E-state index in [2.05, 4.69) is 5.32 Å². The highest BCUT2D eigenvalue weighted by atomic mass is 35.5. The average Bonchev–Trinajstić information content (AvgIpc) is 2.45. The lowest BCUT2D eigenvalue weighted by Crippen LogP contribution is -2.33. The fourth-order valence-electron chi connectivity index (χ4n) is 1.54. The van der Waals surface area contributed by atoms with E-state index in [4.69, 9.17) is 5.73 Å². The van der Waals surface area contributed by atoms with Gasteiger partial charge < -0.3 is 16.4 Å². The summed E-state index contributed by atoms with van der Waals surface area (Å²) >= 11 is 0. The van der Waals surface area contributed by atoms with Gasteiger partial charge in [-0.15, -0.1) is 12.4 Å². The Kier molecular flexibility index (Phi) is 8.05. The number of carbonyl (C=O) groups is 2. The van der Waals surface area contributed by atoms with Crippen LogP contribution in [-0.2, 0) is 4.79 Å². The van der Waals surface area contributed by atoms with Gasteiger partial charge in [0.25, 0.3) is 5.91 Å². The molecular formula is C14H19ClF3N3O2. The zero-order chi connectivity index (χ0) is 16.9. The molecule has 0 bridgehead atoms. The predicted molar refractivity (Wildman–Crippen MR) is 83.7 cm³/mol. The number of carbonyl (C=O) groups excluding carboxylic acids is 2. The van der Waals surface area contributed by atoms with Gasteiger partial charge >= 0.3 is 6.18 Å². The topological polar surface area (TPSA) is 84.2 Å². The minimum atomic E-state index is -4.48. The number of hydrogen-bond donors (Lipinski definition) is 3. The number of nitrogens with two attached hydrogens (primary N) is 1. The maximum Gasteiger partial charge on any atom is 0.405 e. The molecule has 130 valence electrons. The van der Waals surface area contributed by atoms with E-state index >= 15 is 0 Å².